The van der Waals surface area contributed by atoms with Crippen LogP contribution in [0.4, 0.5) is 5.69 Å². The van der Waals surface area contributed by atoms with Crippen molar-refractivity contribution in [3.8, 4) is 0 Å². The van der Waals surface area contributed by atoms with Crippen LogP contribution in [0.3, 0.4) is 0 Å². The van der Waals surface area contributed by atoms with E-state index in [9.17, 15) is 14.4 Å². The summed E-state index contributed by atoms with van der Waals surface area (Å²) in [5.41, 5.74) is 6.34. The Hall–Kier alpha value is -3.00. The highest BCUT2D eigenvalue weighted by molar-refractivity contribution is 9.10. The van der Waals surface area contributed by atoms with E-state index in [1.165, 1.54) is 0 Å². The molecule has 3 N–H and O–H groups in total. The lowest BCUT2D eigenvalue weighted by Gasteiger charge is -2.11. The Balaban J connectivity index is 1.95. The summed E-state index contributed by atoms with van der Waals surface area (Å²) in [5, 5.41) is 7.36. The molecule has 3 rings (SSSR count). The summed E-state index contributed by atoms with van der Waals surface area (Å²) in [6, 6.07) is 11.9. The van der Waals surface area contributed by atoms with E-state index in [0.29, 0.717) is 11.1 Å². The number of nitrogens with zero attached hydrogens (tertiary/aromatic N) is 2. The number of nitrogens with two attached hydrogens (primary N) is 1. The van der Waals surface area contributed by atoms with Crippen LogP contribution in [-0.4, -0.2) is 21.6 Å². The molecule has 0 saturated heterocycles. The van der Waals surface area contributed by atoms with Crippen molar-refractivity contribution in [2.75, 3.05) is 5.32 Å². The summed E-state index contributed by atoms with van der Waals surface area (Å²) < 4.78 is 1.85. The van der Waals surface area contributed by atoms with E-state index in [-0.39, 0.29) is 17.6 Å². The van der Waals surface area contributed by atoms with Crippen molar-refractivity contribution in [3.05, 3.63) is 68.5 Å². The number of amides is 2. The second-order valence-electron chi connectivity index (χ2n) is 5.73. The molecule has 0 aliphatic rings. The van der Waals surface area contributed by atoms with Gasteiger partial charge in [0.2, 0.25) is 5.91 Å². The smallest absolute Gasteiger partial charge is 0.275 e. The highest BCUT2D eigenvalue weighted by Crippen LogP contribution is 2.20. The number of primary amides is 1. The van der Waals surface area contributed by atoms with Gasteiger partial charge in [-0.25, -0.2) is 4.68 Å². The zero-order valence-electron chi connectivity index (χ0n) is 13.8. The van der Waals surface area contributed by atoms with Gasteiger partial charge in [0.25, 0.3) is 11.5 Å². The topological polar surface area (TPSA) is 107 Å². The number of hydrogen-bond donors (Lipinski definition) is 2. The van der Waals surface area contributed by atoms with Crippen molar-refractivity contribution in [2.24, 2.45) is 5.73 Å². The van der Waals surface area contributed by atoms with Crippen LogP contribution in [0, 0.1) is 6.92 Å². The van der Waals surface area contributed by atoms with Gasteiger partial charge in [-0.05, 0) is 36.8 Å². The van der Waals surface area contributed by atoms with E-state index in [4.69, 9.17) is 5.73 Å². The van der Waals surface area contributed by atoms with Crippen molar-refractivity contribution in [1.82, 2.24) is 9.78 Å². The van der Waals surface area contributed by atoms with Crippen LogP contribution < -0.4 is 16.6 Å². The summed E-state index contributed by atoms with van der Waals surface area (Å²) in [4.78, 5) is 36.6. The Kier molecular flexibility index (Phi) is 4.85. The fourth-order valence-corrected chi connectivity index (χ4v) is 3.09. The number of fused-ring (bicyclic) bond motifs is 1. The summed E-state index contributed by atoms with van der Waals surface area (Å²) in [5.74, 6) is -1.20. The van der Waals surface area contributed by atoms with Crippen molar-refractivity contribution >= 4 is 44.2 Å². The van der Waals surface area contributed by atoms with E-state index in [1.807, 2.05) is 13.0 Å². The van der Waals surface area contributed by atoms with Crippen LogP contribution in [-0.2, 0) is 11.3 Å². The molecule has 0 aliphatic heterocycles. The quantitative estimate of drug-likeness (QED) is 0.681. The lowest BCUT2D eigenvalue weighted by molar-refractivity contribution is -0.117. The van der Waals surface area contributed by atoms with Crippen LogP contribution >= 0.6 is 15.9 Å². The molecule has 0 bridgehead atoms. The van der Waals surface area contributed by atoms with Crippen LogP contribution in [0.25, 0.3) is 10.8 Å². The first kappa shape index (κ1) is 17.8. The first-order valence-electron chi connectivity index (χ1n) is 7.72. The minimum absolute atomic E-state index is 0.0483. The third kappa shape index (κ3) is 3.50. The van der Waals surface area contributed by atoms with Gasteiger partial charge in [0, 0.05) is 15.5 Å². The second kappa shape index (κ2) is 7.09. The lowest BCUT2D eigenvalue weighted by atomic mass is 10.1. The van der Waals surface area contributed by atoms with E-state index >= 15 is 0 Å². The molecule has 0 spiro atoms. The average Bonchev–Trinajstić information content (AvgIpc) is 2.59. The van der Waals surface area contributed by atoms with Gasteiger partial charge in [0.15, 0.2) is 5.69 Å². The first-order valence-corrected chi connectivity index (χ1v) is 8.52. The molecule has 0 radical (unpaired) electrons. The molecule has 0 aliphatic carbocycles. The SMILES string of the molecule is Cc1cc(Br)ccc1NC(=O)Cn1nc(C(N)=O)c2ccccc2c1=O. The maximum absolute atomic E-state index is 12.6. The Bertz CT molecular complexity index is 1090. The highest BCUT2D eigenvalue weighted by atomic mass is 79.9. The summed E-state index contributed by atoms with van der Waals surface area (Å²) in [7, 11) is 0. The lowest BCUT2D eigenvalue weighted by Crippen LogP contribution is -2.32. The molecule has 0 atom stereocenters. The number of anilines is 1. The number of nitrogens with one attached hydrogen (secondary N) is 1. The van der Waals surface area contributed by atoms with Gasteiger partial charge in [-0.15, -0.1) is 0 Å². The maximum Gasteiger partial charge on any atom is 0.275 e. The van der Waals surface area contributed by atoms with Crippen molar-refractivity contribution in [1.29, 1.82) is 0 Å². The fourth-order valence-electron chi connectivity index (χ4n) is 2.62. The molecule has 132 valence electrons. The number of aromatic nitrogens is 2. The summed E-state index contributed by atoms with van der Waals surface area (Å²) in [6.07, 6.45) is 0. The third-order valence-corrected chi connectivity index (χ3v) is 4.35. The van der Waals surface area contributed by atoms with E-state index < -0.39 is 17.4 Å². The minimum Gasteiger partial charge on any atom is -0.364 e. The number of carbonyl (C=O) groups excluding carboxylic acids is 2. The van der Waals surface area contributed by atoms with E-state index in [2.05, 4.69) is 26.3 Å². The Labute approximate surface area is 156 Å². The molecule has 0 unspecified atom stereocenters. The van der Waals surface area contributed by atoms with Crippen LogP contribution in [0.5, 0.6) is 0 Å². The number of aryl methyl sites for hydroxylation is 1. The molecule has 2 amide bonds. The first-order chi connectivity index (χ1) is 12.4. The minimum atomic E-state index is -0.765. The number of rotatable bonds is 4. The zero-order valence-corrected chi connectivity index (χ0v) is 15.4. The van der Waals surface area contributed by atoms with Gasteiger partial charge < -0.3 is 11.1 Å². The Morgan fingerprint density at radius 3 is 2.54 bits per heavy atom. The largest absolute Gasteiger partial charge is 0.364 e. The van der Waals surface area contributed by atoms with Crippen LogP contribution in [0.2, 0.25) is 0 Å². The summed E-state index contributed by atoms with van der Waals surface area (Å²) in [6.45, 7) is 1.52. The van der Waals surface area contributed by atoms with Crippen LogP contribution in [0.1, 0.15) is 16.1 Å². The predicted octanol–water partition coefficient (Wildman–Crippen LogP) is 2.21. The fraction of sp³-hybridized carbons (Fsp3) is 0.111. The third-order valence-electron chi connectivity index (χ3n) is 3.86. The Morgan fingerprint density at radius 1 is 1.19 bits per heavy atom. The molecule has 0 fully saturated rings. The Morgan fingerprint density at radius 2 is 1.88 bits per heavy atom. The van der Waals surface area contributed by atoms with Gasteiger partial charge in [-0.2, -0.15) is 5.10 Å². The van der Waals surface area contributed by atoms with Gasteiger partial charge in [-0.1, -0.05) is 34.1 Å². The highest BCUT2D eigenvalue weighted by Gasteiger charge is 2.16. The monoisotopic (exact) mass is 414 g/mol. The zero-order chi connectivity index (χ0) is 18.8. The van der Waals surface area contributed by atoms with Gasteiger partial charge in [0.1, 0.15) is 6.54 Å². The number of carbonyl (C=O) groups is 2. The maximum atomic E-state index is 12.6. The molecule has 3 aromatic rings. The second-order valence-corrected chi connectivity index (χ2v) is 6.64. The summed E-state index contributed by atoms with van der Waals surface area (Å²) >= 11 is 3.36. The molecular weight excluding hydrogens is 400 g/mol. The van der Waals surface area contributed by atoms with Crippen molar-refractivity contribution < 1.29 is 9.59 Å². The molecular formula is C18H15BrN4O3. The number of halogens is 1. The molecule has 2 aromatic carbocycles. The molecule has 7 nitrogen and oxygen atoms in total. The van der Waals surface area contributed by atoms with Gasteiger partial charge in [-0.3, -0.25) is 14.4 Å². The van der Waals surface area contributed by atoms with Crippen LogP contribution in [0.15, 0.2) is 51.7 Å². The van der Waals surface area contributed by atoms with E-state index in [0.717, 1.165) is 14.7 Å². The van der Waals surface area contributed by atoms with Gasteiger partial charge in [0.05, 0.1) is 5.39 Å². The number of benzene rings is 2. The van der Waals surface area contributed by atoms with Crippen molar-refractivity contribution in [2.45, 2.75) is 13.5 Å². The standard InChI is InChI=1S/C18H15BrN4O3/c1-10-8-11(19)6-7-14(10)21-15(24)9-23-18(26)13-5-3-2-4-12(13)16(22-23)17(20)25/h2-8H,9H2,1H3,(H2,20,25)(H,21,24). The normalized spacial score (nSPS) is 10.7. The molecule has 1 aromatic heterocycles. The number of hydrogen-bond acceptors (Lipinski definition) is 4. The molecule has 8 heteroatoms. The van der Waals surface area contributed by atoms with Crippen molar-refractivity contribution in [3.63, 3.8) is 0 Å². The van der Waals surface area contributed by atoms with E-state index in [1.54, 1.807) is 36.4 Å². The molecule has 0 saturated carbocycles. The predicted molar refractivity (Wildman–Crippen MR) is 102 cm³/mol. The average molecular weight is 415 g/mol. The molecule has 26 heavy (non-hydrogen) atoms. The molecule has 1 heterocycles. The van der Waals surface area contributed by atoms with Gasteiger partial charge >= 0.3 is 0 Å².